The zero-order chi connectivity index (χ0) is 21.8. The molecule has 2 N–H and O–H groups in total. The molecule has 2 aromatic carbocycles. The summed E-state index contributed by atoms with van der Waals surface area (Å²) < 4.78 is 1.12. The summed E-state index contributed by atoms with van der Waals surface area (Å²) in [6.07, 6.45) is 2.58. The summed E-state index contributed by atoms with van der Waals surface area (Å²) >= 11 is 2.24. The quantitative estimate of drug-likeness (QED) is 0.312. The van der Waals surface area contributed by atoms with Crippen LogP contribution in [0.15, 0.2) is 41.5 Å². The van der Waals surface area contributed by atoms with Crippen molar-refractivity contribution in [3.05, 3.63) is 62.2 Å². The van der Waals surface area contributed by atoms with Crippen molar-refractivity contribution in [1.82, 2.24) is 5.43 Å². The van der Waals surface area contributed by atoms with E-state index in [4.69, 9.17) is 0 Å². The first-order valence-corrected chi connectivity index (χ1v) is 10.9. The second-order valence-electron chi connectivity index (χ2n) is 9.39. The fourth-order valence-corrected chi connectivity index (χ4v) is 3.63. The Morgan fingerprint density at radius 3 is 2.17 bits per heavy atom. The van der Waals surface area contributed by atoms with Crippen molar-refractivity contribution in [2.75, 3.05) is 0 Å². The largest absolute Gasteiger partial charge is 0.507 e. The minimum Gasteiger partial charge on any atom is -0.507 e. The van der Waals surface area contributed by atoms with Gasteiger partial charge in [-0.05, 0) is 74.2 Å². The lowest BCUT2D eigenvalue weighted by Crippen LogP contribution is -2.20. The molecule has 0 radical (unpaired) electrons. The first kappa shape index (κ1) is 23.4. The van der Waals surface area contributed by atoms with Crippen LogP contribution in [0.2, 0.25) is 0 Å². The summed E-state index contributed by atoms with van der Waals surface area (Å²) in [6.45, 7) is 12.5. The Bertz CT molecular complexity index is 871. The minimum absolute atomic E-state index is 0.130. The summed E-state index contributed by atoms with van der Waals surface area (Å²) in [6, 6.07) is 11.9. The molecule has 0 aromatic heterocycles. The second kappa shape index (κ2) is 9.28. The number of nitrogens with one attached hydrogen (secondary N) is 1. The van der Waals surface area contributed by atoms with Gasteiger partial charge in [0, 0.05) is 9.99 Å². The third kappa shape index (κ3) is 6.84. The zero-order valence-corrected chi connectivity index (χ0v) is 20.3. The number of hydrazone groups is 1. The van der Waals surface area contributed by atoms with Crippen LogP contribution in [0.3, 0.4) is 0 Å². The molecule has 0 heterocycles. The number of hydrogen-bond acceptors (Lipinski definition) is 3. The Hall–Kier alpha value is -1.89. The van der Waals surface area contributed by atoms with E-state index in [1.54, 1.807) is 6.21 Å². The highest BCUT2D eigenvalue weighted by atomic mass is 127. The Kier molecular flexibility index (Phi) is 7.49. The van der Waals surface area contributed by atoms with E-state index in [0.29, 0.717) is 18.6 Å². The maximum absolute atomic E-state index is 12.2. The van der Waals surface area contributed by atoms with E-state index >= 15 is 0 Å². The van der Waals surface area contributed by atoms with E-state index in [1.165, 1.54) is 0 Å². The first-order chi connectivity index (χ1) is 13.4. The number of carbonyl (C=O) groups excluding carboxylic acids is 1. The first-order valence-electron chi connectivity index (χ1n) is 9.82. The molecule has 0 atom stereocenters. The molecular weight excluding hydrogens is 475 g/mol. The molecule has 0 bridgehead atoms. The van der Waals surface area contributed by atoms with Crippen LogP contribution in [0, 0.1) is 3.57 Å². The Morgan fingerprint density at radius 2 is 1.66 bits per heavy atom. The Morgan fingerprint density at radius 1 is 1.07 bits per heavy atom. The van der Waals surface area contributed by atoms with Crippen LogP contribution in [-0.4, -0.2) is 17.2 Å². The molecule has 0 aliphatic heterocycles. The number of halogens is 1. The SMILES string of the molecule is CC(C)(C)c1cc(CCC(=O)N/N=C\c2cccc(I)c2)cc(C(C)(C)C)c1O. The van der Waals surface area contributed by atoms with Crippen molar-refractivity contribution in [3.8, 4) is 5.75 Å². The summed E-state index contributed by atoms with van der Waals surface area (Å²) in [4.78, 5) is 12.2. The van der Waals surface area contributed by atoms with Crippen LogP contribution in [-0.2, 0) is 22.0 Å². The molecule has 5 heteroatoms. The maximum Gasteiger partial charge on any atom is 0.240 e. The minimum atomic E-state index is -0.181. The van der Waals surface area contributed by atoms with Gasteiger partial charge in [0.25, 0.3) is 0 Å². The van der Waals surface area contributed by atoms with Gasteiger partial charge in [-0.2, -0.15) is 5.10 Å². The lowest BCUT2D eigenvalue weighted by atomic mass is 9.78. The van der Waals surface area contributed by atoms with Crippen molar-refractivity contribution in [1.29, 1.82) is 0 Å². The number of benzene rings is 2. The molecule has 0 aliphatic rings. The average molecular weight is 506 g/mol. The fraction of sp³-hybridized carbons (Fsp3) is 0.417. The van der Waals surface area contributed by atoms with Crippen LogP contribution < -0.4 is 5.43 Å². The molecule has 0 saturated heterocycles. The van der Waals surface area contributed by atoms with Crippen molar-refractivity contribution in [2.24, 2.45) is 5.10 Å². The Balaban J connectivity index is 2.10. The number of nitrogens with zero attached hydrogens (tertiary/aromatic N) is 1. The summed E-state index contributed by atoms with van der Waals surface area (Å²) in [5.41, 5.74) is 6.06. The smallest absolute Gasteiger partial charge is 0.240 e. The number of hydrogen-bond donors (Lipinski definition) is 2. The zero-order valence-electron chi connectivity index (χ0n) is 18.1. The van der Waals surface area contributed by atoms with Gasteiger partial charge in [-0.15, -0.1) is 0 Å². The number of rotatable bonds is 5. The molecule has 156 valence electrons. The van der Waals surface area contributed by atoms with Gasteiger partial charge in [-0.1, -0.05) is 65.8 Å². The standard InChI is InChI=1S/C24H31IN2O2/c1-23(2,3)19-13-16(14-20(22(19)29)24(4,5)6)10-11-21(28)27-26-15-17-8-7-9-18(25)12-17/h7-9,12-15,29H,10-11H2,1-6H3,(H,27,28)/b26-15-. The van der Waals surface area contributed by atoms with Gasteiger partial charge < -0.3 is 5.11 Å². The number of carbonyl (C=O) groups is 1. The predicted octanol–water partition coefficient (Wildman–Crippen LogP) is 5.67. The van der Waals surface area contributed by atoms with Crippen LogP contribution in [0.25, 0.3) is 0 Å². The molecule has 0 spiro atoms. The molecule has 4 nitrogen and oxygen atoms in total. The van der Waals surface area contributed by atoms with Crippen molar-refractivity contribution < 1.29 is 9.90 Å². The van der Waals surface area contributed by atoms with E-state index in [0.717, 1.165) is 25.8 Å². The third-order valence-electron chi connectivity index (χ3n) is 4.68. The Labute approximate surface area is 188 Å². The van der Waals surface area contributed by atoms with Gasteiger partial charge >= 0.3 is 0 Å². The van der Waals surface area contributed by atoms with Crippen LogP contribution in [0.1, 0.15) is 70.2 Å². The molecule has 0 saturated carbocycles. The maximum atomic E-state index is 12.2. The topological polar surface area (TPSA) is 61.7 Å². The van der Waals surface area contributed by atoms with Gasteiger partial charge in [0.1, 0.15) is 5.75 Å². The van der Waals surface area contributed by atoms with Gasteiger partial charge in [0.05, 0.1) is 6.21 Å². The molecule has 29 heavy (non-hydrogen) atoms. The van der Waals surface area contributed by atoms with Crippen molar-refractivity contribution >= 4 is 34.7 Å². The van der Waals surface area contributed by atoms with E-state index < -0.39 is 0 Å². The van der Waals surface area contributed by atoms with E-state index in [9.17, 15) is 9.90 Å². The highest BCUT2D eigenvalue weighted by Crippen LogP contribution is 2.39. The molecule has 0 fully saturated rings. The lowest BCUT2D eigenvalue weighted by molar-refractivity contribution is -0.121. The highest BCUT2D eigenvalue weighted by Gasteiger charge is 2.26. The fourth-order valence-electron chi connectivity index (χ4n) is 3.06. The van der Waals surface area contributed by atoms with Crippen molar-refractivity contribution in [2.45, 2.75) is 65.2 Å². The highest BCUT2D eigenvalue weighted by molar-refractivity contribution is 14.1. The average Bonchev–Trinajstić information content (AvgIpc) is 2.59. The summed E-state index contributed by atoms with van der Waals surface area (Å²) in [5.74, 6) is 0.231. The van der Waals surface area contributed by atoms with E-state index in [2.05, 4.69) is 74.7 Å². The van der Waals surface area contributed by atoms with Gasteiger partial charge in [-0.3, -0.25) is 4.79 Å². The molecule has 2 aromatic rings. The molecule has 2 rings (SSSR count). The number of phenolic OH excluding ortho intramolecular Hbond substituents is 1. The van der Waals surface area contributed by atoms with E-state index in [1.807, 2.05) is 36.4 Å². The molecular formula is C24H31IN2O2. The number of aryl methyl sites for hydroxylation is 1. The summed E-state index contributed by atoms with van der Waals surface area (Å²) in [5, 5.41) is 14.9. The predicted molar refractivity (Wildman–Crippen MR) is 129 cm³/mol. The van der Waals surface area contributed by atoms with Gasteiger partial charge in [0.2, 0.25) is 5.91 Å². The lowest BCUT2D eigenvalue weighted by Gasteiger charge is -2.28. The molecule has 0 aliphatic carbocycles. The number of phenols is 1. The van der Waals surface area contributed by atoms with E-state index in [-0.39, 0.29) is 16.7 Å². The third-order valence-corrected chi connectivity index (χ3v) is 5.35. The normalized spacial score (nSPS) is 12.4. The number of aromatic hydroxyl groups is 1. The number of amides is 1. The van der Waals surface area contributed by atoms with Crippen LogP contribution >= 0.6 is 22.6 Å². The molecule has 1 amide bonds. The second-order valence-corrected chi connectivity index (χ2v) is 10.6. The van der Waals surface area contributed by atoms with Crippen molar-refractivity contribution in [3.63, 3.8) is 0 Å². The van der Waals surface area contributed by atoms with Crippen LogP contribution in [0.5, 0.6) is 5.75 Å². The summed E-state index contributed by atoms with van der Waals surface area (Å²) in [7, 11) is 0. The van der Waals surface area contributed by atoms with Gasteiger partial charge in [0.15, 0.2) is 0 Å². The molecule has 0 unspecified atom stereocenters. The monoisotopic (exact) mass is 506 g/mol. The van der Waals surface area contributed by atoms with Gasteiger partial charge in [-0.25, -0.2) is 5.43 Å². The van der Waals surface area contributed by atoms with Crippen LogP contribution in [0.4, 0.5) is 0 Å².